The molecule has 0 radical (unpaired) electrons. The number of carbonyl (C=O) groups is 1. The molecule has 0 spiro atoms. The maximum absolute atomic E-state index is 11.6. The van der Waals surface area contributed by atoms with Crippen molar-refractivity contribution in [1.82, 2.24) is 0 Å². The molecule has 3 nitrogen and oxygen atoms in total. The largest absolute Gasteiger partial charge is 0.464 e. The molecule has 0 aromatic heterocycles. The van der Waals surface area contributed by atoms with Crippen LogP contribution in [0, 0.1) is 0 Å². The smallest absolute Gasteiger partial charge is 0.338 e. The van der Waals surface area contributed by atoms with Crippen molar-refractivity contribution in [3.8, 4) is 0 Å². The number of carbonyl (C=O) groups excluding carboxylic acids is 1. The van der Waals surface area contributed by atoms with Crippen LogP contribution in [0.15, 0.2) is 0 Å². The number of ether oxygens (including phenoxy) is 1. The number of esters is 1. The maximum atomic E-state index is 11.6. The van der Waals surface area contributed by atoms with Crippen LogP contribution in [0.1, 0.15) is 59.3 Å². The minimum absolute atomic E-state index is 0.333. The Morgan fingerprint density at radius 1 is 1.13 bits per heavy atom. The molecular formula is C12H24O3. The predicted molar refractivity (Wildman–Crippen MR) is 60.6 cm³/mol. The van der Waals surface area contributed by atoms with Crippen LogP contribution in [0.5, 0.6) is 0 Å². The van der Waals surface area contributed by atoms with E-state index in [1.165, 1.54) is 0 Å². The molecule has 0 fully saturated rings. The fourth-order valence-electron chi connectivity index (χ4n) is 1.53. The van der Waals surface area contributed by atoms with E-state index < -0.39 is 11.6 Å². The van der Waals surface area contributed by atoms with E-state index in [2.05, 4.69) is 0 Å². The number of aliphatic hydroxyl groups is 1. The first kappa shape index (κ1) is 14.4. The van der Waals surface area contributed by atoms with Crippen molar-refractivity contribution in [2.75, 3.05) is 6.61 Å². The maximum Gasteiger partial charge on any atom is 0.338 e. The summed E-state index contributed by atoms with van der Waals surface area (Å²) < 4.78 is 4.91. The van der Waals surface area contributed by atoms with E-state index in [0.29, 0.717) is 19.4 Å². The van der Waals surface area contributed by atoms with Crippen molar-refractivity contribution in [3.05, 3.63) is 0 Å². The summed E-state index contributed by atoms with van der Waals surface area (Å²) in [5, 5.41) is 10.2. The van der Waals surface area contributed by atoms with Gasteiger partial charge in [0.2, 0.25) is 0 Å². The van der Waals surface area contributed by atoms with Gasteiger partial charge >= 0.3 is 5.97 Å². The van der Waals surface area contributed by atoms with E-state index in [0.717, 1.165) is 25.7 Å². The van der Waals surface area contributed by atoms with Gasteiger partial charge in [0.05, 0.1) is 6.61 Å². The minimum atomic E-state index is -1.25. The lowest BCUT2D eigenvalue weighted by molar-refractivity contribution is -0.166. The Kier molecular flexibility index (Phi) is 7.39. The molecule has 0 rings (SSSR count). The minimum Gasteiger partial charge on any atom is -0.464 e. The van der Waals surface area contributed by atoms with Gasteiger partial charge in [0.15, 0.2) is 5.60 Å². The van der Waals surface area contributed by atoms with Crippen LogP contribution in [0.25, 0.3) is 0 Å². The van der Waals surface area contributed by atoms with Gasteiger partial charge in [-0.05, 0) is 19.8 Å². The first-order valence-electron chi connectivity index (χ1n) is 6.00. The van der Waals surface area contributed by atoms with E-state index in [4.69, 9.17) is 4.74 Å². The zero-order chi connectivity index (χ0) is 11.7. The Morgan fingerprint density at radius 3 is 1.93 bits per heavy atom. The fraction of sp³-hybridized carbons (Fsp3) is 0.917. The van der Waals surface area contributed by atoms with Crippen molar-refractivity contribution in [2.45, 2.75) is 64.9 Å². The van der Waals surface area contributed by atoms with E-state index in [9.17, 15) is 9.90 Å². The second-order valence-corrected chi connectivity index (χ2v) is 3.96. The topological polar surface area (TPSA) is 46.5 Å². The van der Waals surface area contributed by atoms with Crippen LogP contribution in [0.3, 0.4) is 0 Å². The van der Waals surface area contributed by atoms with Gasteiger partial charge in [0.1, 0.15) is 0 Å². The first-order valence-corrected chi connectivity index (χ1v) is 6.00. The molecule has 3 heteroatoms. The molecule has 0 aliphatic carbocycles. The molecule has 0 aromatic rings. The molecular weight excluding hydrogens is 192 g/mol. The monoisotopic (exact) mass is 216 g/mol. The van der Waals surface area contributed by atoms with Crippen LogP contribution >= 0.6 is 0 Å². The van der Waals surface area contributed by atoms with E-state index in [1.54, 1.807) is 6.92 Å². The van der Waals surface area contributed by atoms with Gasteiger partial charge in [0, 0.05) is 0 Å². The average Bonchev–Trinajstić information content (AvgIpc) is 2.24. The number of unbranched alkanes of at least 4 members (excludes halogenated alkanes) is 2. The average molecular weight is 216 g/mol. The molecule has 0 saturated carbocycles. The highest BCUT2D eigenvalue weighted by Crippen LogP contribution is 2.23. The second-order valence-electron chi connectivity index (χ2n) is 3.96. The number of rotatable bonds is 8. The summed E-state index contributed by atoms with van der Waals surface area (Å²) in [4.78, 5) is 11.6. The number of hydrogen-bond acceptors (Lipinski definition) is 3. The van der Waals surface area contributed by atoms with Crippen LogP contribution in [0.4, 0.5) is 0 Å². The summed E-state index contributed by atoms with van der Waals surface area (Å²) in [5.41, 5.74) is -1.25. The van der Waals surface area contributed by atoms with Crippen molar-refractivity contribution in [2.24, 2.45) is 0 Å². The highest BCUT2D eigenvalue weighted by molar-refractivity contribution is 5.79. The molecule has 0 aliphatic rings. The Balaban J connectivity index is 4.30. The molecule has 0 bridgehead atoms. The Bertz CT molecular complexity index is 170. The van der Waals surface area contributed by atoms with Crippen molar-refractivity contribution < 1.29 is 14.6 Å². The summed E-state index contributed by atoms with van der Waals surface area (Å²) in [6.07, 6.45) is 4.71. The van der Waals surface area contributed by atoms with Gasteiger partial charge in [-0.2, -0.15) is 0 Å². The predicted octanol–water partition coefficient (Wildman–Crippen LogP) is 2.66. The van der Waals surface area contributed by atoms with Gasteiger partial charge in [0.25, 0.3) is 0 Å². The highest BCUT2D eigenvalue weighted by atomic mass is 16.5. The summed E-state index contributed by atoms with van der Waals surface area (Å²) in [6, 6.07) is 0. The zero-order valence-corrected chi connectivity index (χ0v) is 10.2. The molecule has 0 atom stereocenters. The molecule has 0 saturated heterocycles. The standard InChI is InChI=1S/C12H24O3/c1-4-7-9-12(14,10-8-5-2)11(13)15-6-3/h14H,4-10H2,1-3H3. The van der Waals surface area contributed by atoms with Crippen molar-refractivity contribution >= 4 is 5.97 Å². The molecule has 0 heterocycles. The van der Waals surface area contributed by atoms with E-state index >= 15 is 0 Å². The van der Waals surface area contributed by atoms with Crippen LogP contribution in [-0.2, 0) is 9.53 Å². The molecule has 15 heavy (non-hydrogen) atoms. The van der Waals surface area contributed by atoms with Crippen LogP contribution < -0.4 is 0 Å². The second kappa shape index (κ2) is 7.69. The van der Waals surface area contributed by atoms with Crippen LogP contribution in [-0.4, -0.2) is 23.3 Å². The van der Waals surface area contributed by atoms with Gasteiger partial charge < -0.3 is 9.84 Å². The third-order valence-electron chi connectivity index (χ3n) is 2.54. The first-order chi connectivity index (χ1) is 7.10. The lowest BCUT2D eigenvalue weighted by Gasteiger charge is -2.25. The highest BCUT2D eigenvalue weighted by Gasteiger charge is 2.35. The third kappa shape index (κ3) is 5.17. The van der Waals surface area contributed by atoms with Gasteiger partial charge in [-0.1, -0.05) is 39.5 Å². The number of hydrogen-bond donors (Lipinski definition) is 1. The van der Waals surface area contributed by atoms with Crippen LogP contribution in [0.2, 0.25) is 0 Å². The van der Waals surface area contributed by atoms with Crippen molar-refractivity contribution in [1.29, 1.82) is 0 Å². The lowest BCUT2D eigenvalue weighted by Crippen LogP contribution is -2.40. The Hall–Kier alpha value is -0.570. The summed E-state index contributed by atoms with van der Waals surface area (Å²) in [5.74, 6) is -0.452. The summed E-state index contributed by atoms with van der Waals surface area (Å²) in [7, 11) is 0. The molecule has 1 N–H and O–H groups in total. The zero-order valence-electron chi connectivity index (χ0n) is 10.2. The van der Waals surface area contributed by atoms with Gasteiger partial charge in [-0.25, -0.2) is 4.79 Å². The van der Waals surface area contributed by atoms with Gasteiger partial charge in [-0.15, -0.1) is 0 Å². The Labute approximate surface area is 92.8 Å². The normalized spacial score (nSPS) is 11.5. The molecule has 0 amide bonds. The lowest BCUT2D eigenvalue weighted by atomic mass is 9.91. The molecule has 0 unspecified atom stereocenters. The fourth-order valence-corrected chi connectivity index (χ4v) is 1.53. The third-order valence-corrected chi connectivity index (χ3v) is 2.54. The van der Waals surface area contributed by atoms with E-state index in [1.807, 2.05) is 13.8 Å². The molecule has 90 valence electrons. The van der Waals surface area contributed by atoms with E-state index in [-0.39, 0.29) is 0 Å². The molecule has 0 aliphatic heterocycles. The van der Waals surface area contributed by atoms with Crippen molar-refractivity contribution in [3.63, 3.8) is 0 Å². The quantitative estimate of drug-likeness (QED) is 0.634. The molecule has 0 aromatic carbocycles. The summed E-state index contributed by atoms with van der Waals surface area (Å²) in [6.45, 7) is 6.19. The SMILES string of the molecule is CCCCC(O)(CCCC)C(=O)OCC. The van der Waals surface area contributed by atoms with Gasteiger partial charge in [-0.3, -0.25) is 0 Å². The summed E-state index contributed by atoms with van der Waals surface area (Å²) >= 11 is 0. The Morgan fingerprint density at radius 2 is 1.60 bits per heavy atom.